The fourth-order valence-corrected chi connectivity index (χ4v) is 2.27. The van der Waals surface area contributed by atoms with E-state index in [-0.39, 0.29) is 0 Å². The van der Waals surface area contributed by atoms with Crippen molar-refractivity contribution in [1.29, 1.82) is 0 Å². The molecular formula is C16H13Cl2N3O2. The number of hydrazone groups is 1. The number of halogens is 2. The lowest BCUT2D eigenvalue weighted by Crippen LogP contribution is -2.32. The van der Waals surface area contributed by atoms with Crippen LogP contribution in [0, 0.1) is 0 Å². The molecule has 2 amide bonds. The van der Waals surface area contributed by atoms with Gasteiger partial charge in [0.05, 0.1) is 5.71 Å². The van der Waals surface area contributed by atoms with Crippen molar-refractivity contribution in [3.05, 3.63) is 64.1 Å². The Morgan fingerprint density at radius 1 is 0.957 bits per heavy atom. The molecule has 0 aliphatic rings. The maximum absolute atomic E-state index is 11.8. The summed E-state index contributed by atoms with van der Waals surface area (Å²) < 4.78 is 0. The van der Waals surface area contributed by atoms with Crippen LogP contribution in [0.25, 0.3) is 0 Å². The number of amides is 2. The van der Waals surface area contributed by atoms with Crippen molar-refractivity contribution >= 4 is 46.4 Å². The van der Waals surface area contributed by atoms with Crippen LogP contribution in [-0.4, -0.2) is 17.5 Å². The number of hydrogen-bond acceptors (Lipinski definition) is 3. The van der Waals surface area contributed by atoms with Crippen LogP contribution in [0.15, 0.2) is 53.6 Å². The van der Waals surface area contributed by atoms with Crippen LogP contribution in [-0.2, 0) is 9.59 Å². The van der Waals surface area contributed by atoms with Crippen LogP contribution >= 0.6 is 23.2 Å². The third kappa shape index (κ3) is 5.09. The summed E-state index contributed by atoms with van der Waals surface area (Å²) in [6, 6.07) is 13.8. The lowest BCUT2D eigenvalue weighted by atomic mass is 10.1. The number of carbonyl (C=O) groups excluding carboxylic acids is 2. The van der Waals surface area contributed by atoms with Crippen LogP contribution in [0.3, 0.4) is 0 Å². The van der Waals surface area contributed by atoms with Crippen molar-refractivity contribution in [3.63, 3.8) is 0 Å². The Morgan fingerprint density at radius 3 is 2.17 bits per heavy atom. The molecule has 0 fully saturated rings. The molecule has 118 valence electrons. The number of rotatable bonds is 3. The highest BCUT2D eigenvalue weighted by Gasteiger charge is 2.14. The van der Waals surface area contributed by atoms with E-state index in [0.29, 0.717) is 21.4 Å². The predicted molar refractivity (Wildman–Crippen MR) is 91.9 cm³/mol. The van der Waals surface area contributed by atoms with Crippen molar-refractivity contribution in [2.45, 2.75) is 6.92 Å². The lowest BCUT2D eigenvalue weighted by Gasteiger charge is -2.06. The fourth-order valence-electron chi connectivity index (χ4n) is 1.74. The Bertz CT molecular complexity index is 741. The van der Waals surface area contributed by atoms with Crippen molar-refractivity contribution in [1.82, 2.24) is 5.43 Å². The largest absolute Gasteiger partial charge is 0.329 e. The highest BCUT2D eigenvalue weighted by Crippen LogP contribution is 2.22. The van der Waals surface area contributed by atoms with E-state index in [2.05, 4.69) is 15.8 Å². The van der Waals surface area contributed by atoms with Crippen LogP contribution in [0.1, 0.15) is 12.5 Å². The molecule has 23 heavy (non-hydrogen) atoms. The van der Waals surface area contributed by atoms with Gasteiger partial charge in [-0.3, -0.25) is 9.59 Å². The molecule has 0 unspecified atom stereocenters. The standard InChI is InChI=1S/C16H13Cl2N3O2/c1-10(11-5-3-2-4-6-11)20-21-16(23)15(22)19-14-8-12(17)7-13(18)9-14/h2-9H,1H3,(H,19,22)(H,21,23). The second-order valence-corrected chi connectivity index (χ2v) is 5.49. The first-order chi connectivity index (χ1) is 11.0. The van der Waals surface area contributed by atoms with Gasteiger partial charge in [0, 0.05) is 15.7 Å². The smallest absolute Gasteiger partial charge is 0.318 e. The number of anilines is 1. The first-order valence-corrected chi connectivity index (χ1v) is 7.38. The van der Waals surface area contributed by atoms with Gasteiger partial charge in [-0.1, -0.05) is 53.5 Å². The molecule has 0 aliphatic carbocycles. The molecule has 0 spiro atoms. The average molecular weight is 350 g/mol. The van der Waals surface area contributed by atoms with Crippen molar-refractivity contribution in [2.24, 2.45) is 5.10 Å². The number of nitrogens with one attached hydrogen (secondary N) is 2. The molecule has 7 heteroatoms. The molecule has 0 aliphatic heterocycles. The zero-order valence-electron chi connectivity index (χ0n) is 12.1. The molecule has 0 bridgehead atoms. The van der Waals surface area contributed by atoms with Crippen LogP contribution in [0.4, 0.5) is 5.69 Å². The van der Waals surface area contributed by atoms with Crippen molar-refractivity contribution in [3.8, 4) is 0 Å². The Balaban J connectivity index is 1.99. The van der Waals surface area contributed by atoms with Gasteiger partial charge in [-0.15, -0.1) is 0 Å². The minimum atomic E-state index is -0.892. The molecule has 0 aromatic heterocycles. The predicted octanol–water partition coefficient (Wildman–Crippen LogP) is 3.47. The summed E-state index contributed by atoms with van der Waals surface area (Å²) in [5.74, 6) is -1.76. The quantitative estimate of drug-likeness (QED) is 0.506. The maximum Gasteiger partial charge on any atom is 0.329 e. The molecule has 5 nitrogen and oxygen atoms in total. The molecule has 0 saturated heterocycles. The highest BCUT2D eigenvalue weighted by atomic mass is 35.5. The van der Waals surface area contributed by atoms with Gasteiger partial charge >= 0.3 is 11.8 Å². The van der Waals surface area contributed by atoms with Crippen molar-refractivity contribution < 1.29 is 9.59 Å². The highest BCUT2D eigenvalue weighted by molar-refractivity contribution is 6.40. The van der Waals surface area contributed by atoms with E-state index in [1.165, 1.54) is 18.2 Å². The normalized spacial score (nSPS) is 11.0. The molecule has 0 saturated carbocycles. The van der Waals surface area contributed by atoms with Gasteiger partial charge in [-0.05, 0) is 30.7 Å². The summed E-state index contributed by atoms with van der Waals surface area (Å²) in [6.45, 7) is 1.73. The Kier molecular flexibility index (Phi) is 5.73. The van der Waals surface area contributed by atoms with E-state index in [1.807, 2.05) is 30.3 Å². The first-order valence-electron chi connectivity index (χ1n) is 6.63. The van der Waals surface area contributed by atoms with Gasteiger partial charge in [0.15, 0.2) is 0 Å². The van der Waals surface area contributed by atoms with E-state index in [0.717, 1.165) is 5.56 Å². The van der Waals surface area contributed by atoms with E-state index in [4.69, 9.17) is 23.2 Å². The molecule has 2 aromatic carbocycles. The van der Waals surface area contributed by atoms with Gasteiger partial charge in [0.2, 0.25) is 0 Å². The summed E-state index contributed by atoms with van der Waals surface area (Å²) in [5.41, 5.74) is 3.95. The zero-order chi connectivity index (χ0) is 16.8. The fraction of sp³-hybridized carbons (Fsp3) is 0.0625. The van der Waals surface area contributed by atoms with E-state index in [9.17, 15) is 9.59 Å². The summed E-state index contributed by atoms with van der Waals surface area (Å²) in [4.78, 5) is 23.6. The monoisotopic (exact) mass is 349 g/mol. The van der Waals surface area contributed by atoms with Gasteiger partial charge in [0.25, 0.3) is 0 Å². The molecule has 2 N–H and O–H groups in total. The topological polar surface area (TPSA) is 70.6 Å². The molecule has 2 rings (SSSR count). The Labute approximate surface area is 143 Å². The molecule has 0 heterocycles. The van der Waals surface area contributed by atoms with Crippen LogP contribution in [0.2, 0.25) is 10.0 Å². The third-order valence-corrected chi connectivity index (χ3v) is 3.28. The minimum Gasteiger partial charge on any atom is -0.318 e. The van der Waals surface area contributed by atoms with E-state index in [1.54, 1.807) is 6.92 Å². The number of benzene rings is 2. The SMILES string of the molecule is CC(=NNC(=O)C(=O)Nc1cc(Cl)cc(Cl)c1)c1ccccc1. The second kappa shape index (κ2) is 7.76. The van der Waals surface area contributed by atoms with Gasteiger partial charge in [-0.2, -0.15) is 5.10 Å². The van der Waals surface area contributed by atoms with Gasteiger partial charge < -0.3 is 5.32 Å². The summed E-state index contributed by atoms with van der Waals surface area (Å²) >= 11 is 11.7. The number of nitrogens with zero attached hydrogens (tertiary/aromatic N) is 1. The molecule has 2 aromatic rings. The van der Waals surface area contributed by atoms with Crippen LogP contribution < -0.4 is 10.7 Å². The lowest BCUT2D eigenvalue weighted by molar-refractivity contribution is -0.136. The number of hydrogen-bond donors (Lipinski definition) is 2. The molecular weight excluding hydrogens is 337 g/mol. The van der Waals surface area contributed by atoms with Crippen LogP contribution in [0.5, 0.6) is 0 Å². The first kappa shape index (κ1) is 17.0. The van der Waals surface area contributed by atoms with E-state index >= 15 is 0 Å². The van der Waals surface area contributed by atoms with Gasteiger partial charge in [-0.25, -0.2) is 5.43 Å². The molecule has 0 atom stereocenters. The average Bonchev–Trinajstić information content (AvgIpc) is 2.52. The Morgan fingerprint density at radius 2 is 1.57 bits per heavy atom. The zero-order valence-corrected chi connectivity index (χ0v) is 13.7. The summed E-state index contributed by atoms with van der Waals surface area (Å²) in [5, 5.41) is 7.00. The molecule has 0 radical (unpaired) electrons. The summed E-state index contributed by atoms with van der Waals surface area (Å²) in [6.07, 6.45) is 0. The maximum atomic E-state index is 11.8. The third-order valence-electron chi connectivity index (χ3n) is 2.84. The van der Waals surface area contributed by atoms with Gasteiger partial charge in [0.1, 0.15) is 0 Å². The van der Waals surface area contributed by atoms with Crippen molar-refractivity contribution in [2.75, 3.05) is 5.32 Å². The summed E-state index contributed by atoms with van der Waals surface area (Å²) in [7, 11) is 0. The van der Waals surface area contributed by atoms with E-state index < -0.39 is 11.8 Å². The Hall–Kier alpha value is -2.37. The number of carbonyl (C=O) groups is 2. The minimum absolute atomic E-state index is 0.325. The second-order valence-electron chi connectivity index (χ2n) is 4.62.